The zero-order valence-electron chi connectivity index (χ0n) is 17.3. The van der Waals surface area contributed by atoms with Crippen molar-refractivity contribution < 1.29 is 19.2 Å². The lowest BCUT2D eigenvalue weighted by molar-refractivity contribution is -0.145. The molecule has 0 spiro atoms. The smallest absolute Gasteiger partial charge is 0.243 e. The van der Waals surface area contributed by atoms with E-state index in [2.05, 4.69) is 10.6 Å². The first kappa shape index (κ1) is 21.8. The Hall–Kier alpha value is -2.94. The van der Waals surface area contributed by atoms with Crippen molar-refractivity contribution in [3.8, 4) is 0 Å². The van der Waals surface area contributed by atoms with Crippen molar-refractivity contribution in [1.29, 1.82) is 0 Å². The van der Waals surface area contributed by atoms with Gasteiger partial charge < -0.3 is 20.4 Å². The Morgan fingerprint density at radius 3 is 2.60 bits per heavy atom. The molecule has 9 nitrogen and oxygen atoms in total. The maximum Gasteiger partial charge on any atom is 0.243 e. The van der Waals surface area contributed by atoms with Gasteiger partial charge in [-0.2, -0.15) is 0 Å². The number of nitrogens with one attached hydrogen (secondary N) is 2. The number of aryl methyl sites for hydroxylation is 1. The molecule has 2 N–H and O–H groups in total. The van der Waals surface area contributed by atoms with Gasteiger partial charge in [0.25, 0.3) is 0 Å². The van der Waals surface area contributed by atoms with Crippen LogP contribution >= 0.6 is 0 Å². The zero-order valence-corrected chi connectivity index (χ0v) is 17.3. The second-order valence-corrected chi connectivity index (χ2v) is 7.57. The molecule has 30 heavy (non-hydrogen) atoms. The van der Waals surface area contributed by atoms with Crippen molar-refractivity contribution in [2.75, 3.05) is 51.1 Å². The van der Waals surface area contributed by atoms with Crippen LogP contribution in [-0.4, -0.2) is 90.7 Å². The number of rotatable bonds is 7. The topological polar surface area (TPSA) is 102 Å². The molecular weight excluding hydrogens is 386 g/mol. The van der Waals surface area contributed by atoms with Gasteiger partial charge in [-0.15, -0.1) is 0 Å². The zero-order chi connectivity index (χ0) is 21.5. The lowest BCUT2D eigenvalue weighted by Gasteiger charge is -2.37. The van der Waals surface area contributed by atoms with Crippen LogP contribution in [0.5, 0.6) is 0 Å². The fraction of sp³-hybridized carbons (Fsp3) is 0.524. The van der Waals surface area contributed by atoms with E-state index in [1.807, 2.05) is 36.1 Å². The Bertz CT molecular complexity index is 791. The first-order valence-electron chi connectivity index (χ1n) is 10.4. The summed E-state index contributed by atoms with van der Waals surface area (Å²) in [5.41, 5.74) is 1.74. The normalized spacial score (nSPS) is 19.9. The standard InChI is InChI=1S/C21H29N5O4/c1-2-16-5-3-4-6-17(16)23-19(28)13-18-21(30)22-7-8-26(18)20(29)14-24-9-11-25(15-27)12-10-24/h3-6,15,18H,2,7-14H2,1H3,(H,22,30)(H,23,28)/t18-/m0/s1. The largest absolute Gasteiger partial charge is 0.353 e. The second kappa shape index (κ2) is 10.2. The van der Waals surface area contributed by atoms with Crippen LogP contribution in [0.3, 0.4) is 0 Å². The van der Waals surface area contributed by atoms with Crippen molar-refractivity contribution in [2.24, 2.45) is 0 Å². The minimum Gasteiger partial charge on any atom is -0.353 e. The summed E-state index contributed by atoms with van der Waals surface area (Å²) >= 11 is 0. The van der Waals surface area contributed by atoms with Crippen molar-refractivity contribution in [1.82, 2.24) is 20.0 Å². The molecule has 0 aromatic heterocycles. The molecule has 0 aliphatic carbocycles. The molecular formula is C21H29N5O4. The minimum absolute atomic E-state index is 0.0887. The van der Waals surface area contributed by atoms with Crippen LogP contribution in [0.4, 0.5) is 5.69 Å². The third-order valence-corrected chi connectivity index (χ3v) is 5.62. The maximum atomic E-state index is 12.9. The van der Waals surface area contributed by atoms with Gasteiger partial charge in [0.1, 0.15) is 6.04 Å². The lowest BCUT2D eigenvalue weighted by atomic mass is 10.1. The molecule has 9 heteroatoms. The van der Waals surface area contributed by atoms with E-state index in [-0.39, 0.29) is 30.7 Å². The van der Waals surface area contributed by atoms with E-state index < -0.39 is 6.04 Å². The summed E-state index contributed by atoms with van der Waals surface area (Å²) in [5.74, 6) is -0.772. The van der Waals surface area contributed by atoms with E-state index >= 15 is 0 Å². The molecule has 2 aliphatic rings. The predicted octanol–water partition coefficient (Wildman–Crippen LogP) is -0.321. The van der Waals surface area contributed by atoms with Crippen molar-refractivity contribution in [3.05, 3.63) is 29.8 Å². The molecule has 4 amide bonds. The monoisotopic (exact) mass is 415 g/mol. The number of benzene rings is 1. The van der Waals surface area contributed by atoms with Gasteiger partial charge in [-0.3, -0.25) is 24.1 Å². The van der Waals surface area contributed by atoms with Crippen LogP contribution in [0, 0.1) is 0 Å². The van der Waals surface area contributed by atoms with Crippen molar-refractivity contribution >= 4 is 29.8 Å². The number of hydrogen-bond donors (Lipinski definition) is 2. The van der Waals surface area contributed by atoms with E-state index in [4.69, 9.17) is 0 Å². The third-order valence-electron chi connectivity index (χ3n) is 5.62. The van der Waals surface area contributed by atoms with E-state index in [1.54, 1.807) is 4.90 Å². The van der Waals surface area contributed by atoms with Gasteiger partial charge in [0.15, 0.2) is 0 Å². The highest BCUT2D eigenvalue weighted by atomic mass is 16.2. The SMILES string of the molecule is CCc1ccccc1NC(=O)C[C@H]1C(=O)NCCN1C(=O)CN1CCN(C=O)CC1. The first-order chi connectivity index (χ1) is 14.5. The van der Waals surface area contributed by atoms with Gasteiger partial charge >= 0.3 is 0 Å². The summed E-state index contributed by atoms with van der Waals surface area (Å²) < 4.78 is 0. The summed E-state index contributed by atoms with van der Waals surface area (Å²) in [6, 6.07) is 6.72. The molecule has 0 bridgehead atoms. The summed E-state index contributed by atoms with van der Waals surface area (Å²) in [6.07, 6.45) is 1.51. The molecule has 3 rings (SSSR count). The van der Waals surface area contributed by atoms with Crippen LogP contribution in [-0.2, 0) is 25.6 Å². The molecule has 162 valence electrons. The fourth-order valence-electron chi connectivity index (χ4n) is 3.85. The maximum absolute atomic E-state index is 12.9. The number of piperazine rings is 2. The predicted molar refractivity (Wildman–Crippen MR) is 112 cm³/mol. The van der Waals surface area contributed by atoms with Gasteiger partial charge in [-0.05, 0) is 18.1 Å². The molecule has 2 fully saturated rings. The number of carbonyl (C=O) groups excluding carboxylic acids is 4. The third kappa shape index (κ3) is 5.35. The summed E-state index contributed by atoms with van der Waals surface area (Å²) in [7, 11) is 0. The van der Waals surface area contributed by atoms with E-state index in [0.717, 1.165) is 24.1 Å². The molecule has 0 radical (unpaired) electrons. The van der Waals surface area contributed by atoms with E-state index in [9.17, 15) is 19.2 Å². The van der Waals surface area contributed by atoms with Crippen LogP contribution in [0.25, 0.3) is 0 Å². The molecule has 1 aromatic rings. The van der Waals surface area contributed by atoms with Gasteiger partial charge in [0.2, 0.25) is 24.1 Å². The summed E-state index contributed by atoms with van der Waals surface area (Å²) in [4.78, 5) is 54.0. The molecule has 2 saturated heterocycles. The first-order valence-corrected chi connectivity index (χ1v) is 10.4. The quantitative estimate of drug-likeness (QED) is 0.595. The Morgan fingerprint density at radius 1 is 1.17 bits per heavy atom. The second-order valence-electron chi connectivity index (χ2n) is 7.57. The number of carbonyl (C=O) groups is 4. The average molecular weight is 415 g/mol. The van der Waals surface area contributed by atoms with Gasteiger partial charge in [0.05, 0.1) is 13.0 Å². The summed E-state index contributed by atoms with van der Waals surface area (Å²) in [6.45, 7) is 5.33. The molecule has 2 heterocycles. The van der Waals surface area contributed by atoms with Gasteiger partial charge in [-0.25, -0.2) is 0 Å². The Balaban J connectivity index is 1.61. The highest BCUT2D eigenvalue weighted by Crippen LogP contribution is 2.17. The minimum atomic E-state index is -0.823. The van der Waals surface area contributed by atoms with Crippen LogP contribution in [0.2, 0.25) is 0 Å². The fourth-order valence-corrected chi connectivity index (χ4v) is 3.85. The van der Waals surface area contributed by atoms with Crippen molar-refractivity contribution in [3.63, 3.8) is 0 Å². The summed E-state index contributed by atoms with van der Waals surface area (Å²) in [5, 5.41) is 5.63. The highest BCUT2D eigenvalue weighted by molar-refractivity contribution is 5.98. The number of nitrogens with zero attached hydrogens (tertiary/aromatic N) is 3. The number of amides is 4. The highest BCUT2D eigenvalue weighted by Gasteiger charge is 2.35. The van der Waals surface area contributed by atoms with Gasteiger partial charge in [0, 0.05) is 45.0 Å². The molecule has 1 atom stereocenters. The molecule has 1 aromatic carbocycles. The Morgan fingerprint density at radius 2 is 1.90 bits per heavy atom. The van der Waals surface area contributed by atoms with E-state index in [1.165, 1.54) is 4.90 Å². The Labute approximate surface area is 176 Å². The number of anilines is 1. The van der Waals surface area contributed by atoms with Crippen LogP contribution < -0.4 is 10.6 Å². The van der Waals surface area contributed by atoms with Crippen molar-refractivity contribution in [2.45, 2.75) is 25.8 Å². The number of para-hydroxylation sites is 1. The van der Waals surface area contributed by atoms with Crippen LogP contribution in [0.15, 0.2) is 24.3 Å². The lowest BCUT2D eigenvalue weighted by Crippen LogP contribution is -2.60. The van der Waals surface area contributed by atoms with Crippen LogP contribution in [0.1, 0.15) is 18.9 Å². The van der Waals surface area contributed by atoms with Gasteiger partial charge in [-0.1, -0.05) is 25.1 Å². The Kier molecular flexibility index (Phi) is 7.40. The molecule has 2 aliphatic heterocycles. The van der Waals surface area contributed by atoms with E-state index in [0.29, 0.717) is 39.3 Å². The average Bonchev–Trinajstić information content (AvgIpc) is 2.76. The number of hydrogen-bond acceptors (Lipinski definition) is 5. The molecule has 0 unspecified atom stereocenters. The molecule has 0 saturated carbocycles.